The summed E-state index contributed by atoms with van der Waals surface area (Å²) >= 11 is 0. The van der Waals surface area contributed by atoms with E-state index in [9.17, 15) is 9.90 Å². The Balaban J connectivity index is 1.74. The summed E-state index contributed by atoms with van der Waals surface area (Å²) in [6, 6.07) is 7.55. The van der Waals surface area contributed by atoms with Gasteiger partial charge in [-0.15, -0.1) is 0 Å². The minimum atomic E-state index is -0.534. The Bertz CT molecular complexity index is 454. The molecule has 0 bridgehead atoms. The third-order valence-corrected chi connectivity index (χ3v) is 3.72. The molecule has 0 aromatic heterocycles. The number of carbonyl (C=O) groups excluding carboxylic acids is 1. The van der Waals surface area contributed by atoms with Crippen LogP contribution in [0, 0.1) is 0 Å². The van der Waals surface area contributed by atoms with Crippen LogP contribution in [-0.4, -0.2) is 29.8 Å². The lowest BCUT2D eigenvalue weighted by Crippen LogP contribution is -2.40. The van der Waals surface area contributed by atoms with E-state index in [2.05, 4.69) is 5.32 Å². The molecule has 1 saturated heterocycles. The smallest absolute Gasteiger partial charge is 0.249 e. The summed E-state index contributed by atoms with van der Waals surface area (Å²) in [5.41, 5.74) is 2.14. The minimum absolute atomic E-state index is 0.103. The Kier molecular flexibility index (Phi) is 3.06. The quantitative estimate of drug-likeness (QED) is 0.817. The predicted octanol–water partition coefficient (Wildman–Crippen LogP) is 0.940. The molecule has 1 aliphatic heterocycles. The highest BCUT2D eigenvalue weighted by atomic mass is 16.5. The summed E-state index contributed by atoms with van der Waals surface area (Å²) in [7, 11) is 0. The zero-order chi connectivity index (χ0) is 12.5. The summed E-state index contributed by atoms with van der Waals surface area (Å²) < 4.78 is 5.35. The molecule has 3 rings (SSSR count). The van der Waals surface area contributed by atoms with Gasteiger partial charge < -0.3 is 15.2 Å². The van der Waals surface area contributed by atoms with Gasteiger partial charge in [-0.25, -0.2) is 0 Å². The third-order valence-electron chi connectivity index (χ3n) is 3.72. The van der Waals surface area contributed by atoms with Crippen molar-refractivity contribution < 1.29 is 14.6 Å². The number of aliphatic hydroxyl groups is 1. The second-order valence-electron chi connectivity index (χ2n) is 4.96. The van der Waals surface area contributed by atoms with Crippen LogP contribution >= 0.6 is 0 Å². The highest BCUT2D eigenvalue weighted by molar-refractivity contribution is 5.81. The van der Waals surface area contributed by atoms with E-state index >= 15 is 0 Å². The number of nitrogens with one attached hydrogen (secondary N) is 1. The van der Waals surface area contributed by atoms with Crippen LogP contribution in [-0.2, 0) is 16.0 Å². The van der Waals surface area contributed by atoms with Crippen molar-refractivity contribution in [2.45, 2.75) is 37.5 Å². The van der Waals surface area contributed by atoms with Crippen LogP contribution < -0.4 is 5.32 Å². The van der Waals surface area contributed by atoms with Crippen LogP contribution in [0.2, 0.25) is 0 Å². The molecule has 2 N–H and O–H groups in total. The van der Waals surface area contributed by atoms with Crippen LogP contribution in [0.25, 0.3) is 0 Å². The van der Waals surface area contributed by atoms with E-state index in [1.54, 1.807) is 0 Å². The second-order valence-corrected chi connectivity index (χ2v) is 4.96. The molecular weight excluding hydrogens is 230 g/mol. The van der Waals surface area contributed by atoms with Crippen LogP contribution in [0.1, 0.15) is 30.0 Å². The fourth-order valence-electron chi connectivity index (χ4n) is 2.78. The van der Waals surface area contributed by atoms with E-state index in [-0.39, 0.29) is 18.1 Å². The summed E-state index contributed by atoms with van der Waals surface area (Å²) in [5.74, 6) is -0.103. The highest BCUT2D eigenvalue weighted by Crippen LogP contribution is 2.31. The molecule has 18 heavy (non-hydrogen) atoms. The highest BCUT2D eigenvalue weighted by Gasteiger charge is 2.34. The fourth-order valence-corrected chi connectivity index (χ4v) is 2.78. The molecule has 3 atom stereocenters. The van der Waals surface area contributed by atoms with Gasteiger partial charge in [-0.2, -0.15) is 0 Å². The van der Waals surface area contributed by atoms with Crippen LogP contribution in [0.4, 0.5) is 0 Å². The number of amides is 1. The Morgan fingerprint density at radius 3 is 3.00 bits per heavy atom. The molecule has 1 aromatic rings. The molecule has 96 valence electrons. The van der Waals surface area contributed by atoms with Crippen molar-refractivity contribution in [2.75, 3.05) is 6.61 Å². The van der Waals surface area contributed by atoms with E-state index in [1.165, 1.54) is 0 Å². The number of ether oxygens (including phenoxy) is 1. The number of rotatable bonds is 2. The molecule has 1 unspecified atom stereocenters. The van der Waals surface area contributed by atoms with Crippen molar-refractivity contribution in [2.24, 2.45) is 0 Å². The maximum absolute atomic E-state index is 12.0. The zero-order valence-electron chi connectivity index (χ0n) is 10.1. The van der Waals surface area contributed by atoms with E-state index in [1.807, 2.05) is 24.3 Å². The van der Waals surface area contributed by atoms with Crippen LogP contribution in [0.3, 0.4) is 0 Å². The van der Waals surface area contributed by atoms with Crippen molar-refractivity contribution >= 4 is 5.91 Å². The third kappa shape index (κ3) is 2.02. The Labute approximate surface area is 106 Å². The Morgan fingerprint density at radius 2 is 2.22 bits per heavy atom. The summed E-state index contributed by atoms with van der Waals surface area (Å²) in [6.45, 7) is 0.655. The van der Waals surface area contributed by atoms with Gasteiger partial charge in [-0.1, -0.05) is 24.3 Å². The lowest BCUT2D eigenvalue weighted by Gasteiger charge is -2.20. The van der Waals surface area contributed by atoms with Gasteiger partial charge in [0.15, 0.2) is 0 Å². The molecule has 4 nitrogen and oxygen atoms in total. The maximum atomic E-state index is 12.0. The first kappa shape index (κ1) is 11.7. The van der Waals surface area contributed by atoms with E-state index < -0.39 is 6.10 Å². The van der Waals surface area contributed by atoms with Gasteiger partial charge in [0.2, 0.25) is 5.91 Å². The van der Waals surface area contributed by atoms with Crippen molar-refractivity contribution in [3.63, 3.8) is 0 Å². The molecular formula is C14H17NO3. The van der Waals surface area contributed by atoms with Crippen molar-refractivity contribution in [1.82, 2.24) is 5.32 Å². The molecule has 1 heterocycles. The van der Waals surface area contributed by atoms with Crippen molar-refractivity contribution in [3.05, 3.63) is 35.4 Å². The zero-order valence-corrected chi connectivity index (χ0v) is 10.1. The molecule has 0 spiro atoms. The number of hydrogen-bond acceptors (Lipinski definition) is 3. The molecule has 0 radical (unpaired) electrons. The Morgan fingerprint density at radius 1 is 1.39 bits per heavy atom. The molecule has 1 amide bonds. The lowest BCUT2D eigenvalue weighted by atomic mass is 10.1. The van der Waals surface area contributed by atoms with Crippen LogP contribution in [0.15, 0.2) is 24.3 Å². The maximum Gasteiger partial charge on any atom is 0.249 e. The van der Waals surface area contributed by atoms with Gasteiger partial charge in [0, 0.05) is 13.0 Å². The van der Waals surface area contributed by atoms with Crippen molar-refractivity contribution in [3.8, 4) is 0 Å². The normalized spacial score (nSPS) is 30.2. The van der Waals surface area contributed by atoms with E-state index in [0.717, 1.165) is 24.0 Å². The number of carbonyl (C=O) groups is 1. The predicted molar refractivity (Wildman–Crippen MR) is 66.0 cm³/mol. The van der Waals surface area contributed by atoms with Gasteiger partial charge in [0.1, 0.15) is 6.10 Å². The first-order chi connectivity index (χ1) is 8.75. The number of fused-ring (bicyclic) bond motifs is 1. The lowest BCUT2D eigenvalue weighted by molar-refractivity contribution is -0.131. The number of aliphatic hydroxyl groups excluding tert-OH is 1. The molecule has 1 fully saturated rings. The summed E-state index contributed by atoms with van der Waals surface area (Å²) in [4.78, 5) is 12.0. The van der Waals surface area contributed by atoms with Crippen molar-refractivity contribution in [1.29, 1.82) is 0 Å². The minimum Gasteiger partial charge on any atom is -0.390 e. The molecule has 4 heteroatoms. The largest absolute Gasteiger partial charge is 0.390 e. The van der Waals surface area contributed by atoms with Gasteiger partial charge in [0.25, 0.3) is 0 Å². The second kappa shape index (κ2) is 4.71. The summed E-state index contributed by atoms with van der Waals surface area (Å²) in [5, 5.41) is 13.0. The average molecular weight is 247 g/mol. The number of benzene rings is 1. The first-order valence-corrected chi connectivity index (χ1v) is 6.43. The van der Waals surface area contributed by atoms with Gasteiger partial charge in [-0.3, -0.25) is 4.79 Å². The van der Waals surface area contributed by atoms with E-state index in [0.29, 0.717) is 13.0 Å². The Hall–Kier alpha value is -1.39. The van der Waals surface area contributed by atoms with E-state index in [4.69, 9.17) is 4.74 Å². The SMILES string of the molecule is O=C(N[C@@H]1c2ccccc2C[C@@H]1O)C1CCCO1. The van der Waals surface area contributed by atoms with Gasteiger partial charge in [0.05, 0.1) is 12.1 Å². The topological polar surface area (TPSA) is 58.6 Å². The fraction of sp³-hybridized carbons (Fsp3) is 0.500. The molecule has 1 aromatic carbocycles. The molecule has 2 aliphatic rings. The van der Waals surface area contributed by atoms with Gasteiger partial charge in [-0.05, 0) is 24.0 Å². The summed E-state index contributed by atoms with van der Waals surface area (Å²) in [6.07, 6.45) is 1.43. The monoisotopic (exact) mass is 247 g/mol. The molecule has 1 aliphatic carbocycles. The molecule has 0 saturated carbocycles. The first-order valence-electron chi connectivity index (χ1n) is 6.43. The standard InChI is InChI=1S/C14H17NO3/c16-11-8-9-4-1-2-5-10(9)13(11)15-14(17)12-6-3-7-18-12/h1-2,4-5,11-13,16H,3,6-8H2,(H,15,17)/t11-,12?,13+/m0/s1. The van der Waals surface area contributed by atoms with Gasteiger partial charge >= 0.3 is 0 Å². The average Bonchev–Trinajstić information content (AvgIpc) is 2.98. The number of hydrogen-bond donors (Lipinski definition) is 2. The van der Waals surface area contributed by atoms with Crippen LogP contribution in [0.5, 0.6) is 0 Å².